The van der Waals surface area contributed by atoms with Crippen LogP contribution in [0.1, 0.15) is 77.0 Å². The van der Waals surface area contributed by atoms with Crippen molar-refractivity contribution >= 4 is 6.21 Å². The van der Waals surface area contributed by atoms with Gasteiger partial charge in [0.15, 0.2) is 12.8 Å². The van der Waals surface area contributed by atoms with Crippen LogP contribution in [-0.4, -0.2) is 37.0 Å². The lowest BCUT2D eigenvalue weighted by Crippen LogP contribution is -2.42. The van der Waals surface area contributed by atoms with Crippen molar-refractivity contribution in [3.05, 3.63) is 60.9 Å². The molecule has 0 amide bonds. The van der Waals surface area contributed by atoms with Crippen molar-refractivity contribution in [1.29, 1.82) is 0 Å². The summed E-state index contributed by atoms with van der Waals surface area (Å²) < 4.78 is 2.54. The van der Waals surface area contributed by atoms with Crippen molar-refractivity contribution in [2.75, 3.05) is 26.2 Å². The van der Waals surface area contributed by atoms with Gasteiger partial charge in [-0.1, -0.05) is 61.4 Å². The molecule has 0 radical (unpaired) electrons. The minimum Gasteiger partial charge on any atom is -0.878 e. The fourth-order valence-corrected chi connectivity index (χ4v) is 4.43. The molecular weight excluding hydrogens is 380 g/mol. The number of unbranched alkanes of at least 4 members (excludes halogenated alkanes) is 3. The standard InChI is InChI=1S/C28H44N2O/c31-25-18-14-10-6-2-1-5-9-13-17-23-30-24-19-21-28(27-30)20-15-11-7-3-4-8-12-16-22-29-26-28/h1,5,7,10-11,14,18-19,21,24-25,29H,2-4,6,8-9,12-13,15-17,20,22-23,26-27H2/b5-1+,11-7+,14-10+,25-18+/t28-/m0/s1. The maximum atomic E-state index is 10.2. The van der Waals surface area contributed by atoms with Crippen molar-refractivity contribution < 1.29 is 9.68 Å². The van der Waals surface area contributed by atoms with E-state index in [9.17, 15) is 5.11 Å². The monoisotopic (exact) mass is 424 g/mol. The van der Waals surface area contributed by atoms with Gasteiger partial charge < -0.3 is 10.4 Å². The van der Waals surface area contributed by atoms with Crippen LogP contribution in [0.4, 0.5) is 0 Å². The molecule has 2 rings (SSSR count). The summed E-state index contributed by atoms with van der Waals surface area (Å²) in [6.45, 7) is 4.55. The highest BCUT2D eigenvalue weighted by molar-refractivity contribution is 5.67. The largest absolute Gasteiger partial charge is 0.878 e. The third-order valence-corrected chi connectivity index (χ3v) is 6.25. The first kappa shape index (κ1) is 25.4. The Hall–Kier alpha value is -1.87. The third-order valence-electron chi connectivity index (χ3n) is 6.25. The first-order valence-corrected chi connectivity index (χ1v) is 12.6. The molecular formula is C28H44N2O. The van der Waals surface area contributed by atoms with Crippen molar-refractivity contribution in [2.45, 2.75) is 77.0 Å². The second kappa shape index (κ2) is 16.8. The Morgan fingerprint density at radius 3 is 2.68 bits per heavy atom. The zero-order chi connectivity index (χ0) is 21.9. The van der Waals surface area contributed by atoms with E-state index >= 15 is 0 Å². The molecule has 0 aromatic heterocycles. The lowest BCUT2D eigenvalue weighted by Gasteiger charge is -2.30. The van der Waals surface area contributed by atoms with E-state index in [0.717, 1.165) is 51.7 Å². The molecule has 0 aromatic carbocycles. The highest BCUT2D eigenvalue weighted by Crippen LogP contribution is 2.28. The molecule has 0 fully saturated rings. The number of nitrogens with zero attached hydrogens (tertiary/aromatic N) is 1. The molecule has 0 bridgehead atoms. The summed E-state index contributed by atoms with van der Waals surface area (Å²) in [5.41, 5.74) is 0.266. The molecule has 31 heavy (non-hydrogen) atoms. The topological polar surface area (TPSA) is 38.1 Å². The van der Waals surface area contributed by atoms with Crippen LogP contribution in [0.5, 0.6) is 0 Å². The Morgan fingerprint density at radius 2 is 1.74 bits per heavy atom. The smallest absolute Gasteiger partial charge is 0.163 e. The van der Waals surface area contributed by atoms with E-state index < -0.39 is 0 Å². The van der Waals surface area contributed by atoms with Crippen LogP contribution in [0.25, 0.3) is 0 Å². The van der Waals surface area contributed by atoms with Crippen molar-refractivity contribution in [1.82, 2.24) is 5.32 Å². The molecule has 3 nitrogen and oxygen atoms in total. The van der Waals surface area contributed by atoms with Gasteiger partial charge in [-0.3, -0.25) is 0 Å². The van der Waals surface area contributed by atoms with Crippen molar-refractivity contribution in [3.63, 3.8) is 0 Å². The molecule has 1 spiro atoms. The maximum Gasteiger partial charge on any atom is 0.163 e. The summed E-state index contributed by atoms with van der Waals surface area (Å²) >= 11 is 0. The minimum atomic E-state index is 0.266. The van der Waals surface area contributed by atoms with Gasteiger partial charge in [-0.15, -0.1) is 6.26 Å². The van der Waals surface area contributed by atoms with E-state index in [1.807, 2.05) is 12.2 Å². The van der Waals surface area contributed by atoms with Gasteiger partial charge in [-0.25, -0.2) is 4.58 Å². The van der Waals surface area contributed by atoms with E-state index in [-0.39, 0.29) is 5.41 Å². The summed E-state index contributed by atoms with van der Waals surface area (Å²) in [6, 6.07) is 0. The van der Waals surface area contributed by atoms with Gasteiger partial charge in [0.25, 0.3) is 0 Å². The second-order valence-electron chi connectivity index (χ2n) is 9.03. The summed E-state index contributed by atoms with van der Waals surface area (Å²) in [4.78, 5) is 0. The van der Waals surface area contributed by atoms with E-state index in [1.165, 1.54) is 63.9 Å². The molecule has 0 saturated carbocycles. The number of nitrogens with one attached hydrogen (secondary N) is 1. The predicted molar refractivity (Wildman–Crippen MR) is 132 cm³/mol. The highest BCUT2D eigenvalue weighted by atomic mass is 16.2. The Morgan fingerprint density at radius 1 is 0.903 bits per heavy atom. The Kier molecular flexibility index (Phi) is 13.7. The number of allylic oxidation sites excluding steroid dienone is 8. The van der Waals surface area contributed by atoms with Gasteiger partial charge in [0, 0.05) is 13.0 Å². The predicted octanol–water partition coefficient (Wildman–Crippen LogP) is 5.45. The number of hydrogen-bond donors (Lipinski definition) is 1. The Balaban J connectivity index is 1.70. The average Bonchev–Trinajstić information content (AvgIpc) is 2.80. The SMILES string of the molecule is [O-]/C=C/C=C/CC/C=C/CCCC[N+]1=CC=C[C@]2(CC/C=C/CCCCCCNC2)C1. The summed E-state index contributed by atoms with van der Waals surface area (Å²) in [5.74, 6) is 0. The van der Waals surface area contributed by atoms with Gasteiger partial charge in [0.05, 0.1) is 5.41 Å². The van der Waals surface area contributed by atoms with Crippen LogP contribution >= 0.6 is 0 Å². The summed E-state index contributed by atoms with van der Waals surface area (Å²) in [5, 5.41) is 14.0. The van der Waals surface area contributed by atoms with E-state index in [4.69, 9.17) is 0 Å². The molecule has 2 heterocycles. The molecule has 1 N–H and O–H groups in total. The highest BCUT2D eigenvalue weighted by Gasteiger charge is 2.33. The van der Waals surface area contributed by atoms with Gasteiger partial charge >= 0.3 is 0 Å². The zero-order valence-corrected chi connectivity index (χ0v) is 19.5. The molecule has 2 aliphatic rings. The van der Waals surface area contributed by atoms with E-state index in [2.05, 4.69) is 52.6 Å². The third kappa shape index (κ3) is 11.9. The van der Waals surface area contributed by atoms with Gasteiger partial charge in [-0.05, 0) is 70.4 Å². The fraction of sp³-hybridized carbons (Fsp3) is 0.607. The first-order valence-electron chi connectivity index (χ1n) is 12.6. The van der Waals surface area contributed by atoms with Crippen molar-refractivity contribution in [3.8, 4) is 0 Å². The van der Waals surface area contributed by atoms with Crippen LogP contribution in [0.15, 0.2) is 60.9 Å². The normalized spacial score (nSPS) is 25.0. The van der Waals surface area contributed by atoms with Crippen LogP contribution in [0.3, 0.4) is 0 Å². The van der Waals surface area contributed by atoms with E-state index in [0.29, 0.717) is 0 Å². The van der Waals surface area contributed by atoms with Crippen LogP contribution < -0.4 is 10.4 Å². The molecule has 0 aromatic rings. The molecule has 0 unspecified atom stereocenters. The molecule has 2 aliphatic heterocycles. The lowest BCUT2D eigenvalue weighted by molar-refractivity contribution is -0.537. The van der Waals surface area contributed by atoms with E-state index in [1.54, 1.807) is 0 Å². The average molecular weight is 425 g/mol. The minimum absolute atomic E-state index is 0.266. The van der Waals surface area contributed by atoms with Crippen LogP contribution in [0.2, 0.25) is 0 Å². The van der Waals surface area contributed by atoms with Crippen molar-refractivity contribution in [2.24, 2.45) is 5.41 Å². The maximum absolute atomic E-state index is 10.2. The second-order valence-corrected chi connectivity index (χ2v) is 9.03. The Bertz CT molecular complexity index is 641. The van der Waals surface area contributed by atoms with Gasteiger partial charge in [0.1, 0.15) is 6.54 Å². The zero-order valence-electron chi connectivity index (χ0n) is 19.5. The lowest BCUT2D eigenvalue weighted by atomic mass is 9.81. The summed E-state index contributed by atoms with van der Waals surface area (Å²) in [7, 11) is 0. The molecule has 1 atom stereocenters. The molecule has 0 saturated heterocycles. The number of hydrogen-bond acceptors (Lipinski definition) is 2. The quantitative estimate of drug-likeness (QED) is 0.176. The van der Waals surface area contributed by atoms with Gasteiger partial charge in [-0.2, -0.15) is 0 Å². The first-order chi connectivity index (χ1) is 15.3. The number of rotatable bonds is 9. The van der Waals surface area contributed by atoms with Gasteiger partial charge in [0.2, 0.25) is 0 Å². The Labute approximate surface area is 191 Å². The molecule has 3 heteroatoms. The van der Waals surface area contributed by atoms with Crippen LogP contribution in [0, 0.1) is 5.41 Å². The summed E-state index contributed by atoms with van der Waals surface area (Å²) in [6.07, 6.45) is 37.4. The molecule has 0 aliphatic carbocycles. The molecule has 172 valence electrons. The fourth-order valence-electron chi connectivity index (χ4n) is 4.43. The van der Waals surface area contributed by atoms with Crippen LogP contribution in [-0.2, 0) is 0 Å².